The number of nitrogens with two attached hydrogens (primary N) is 1. The molecule has 0 aromatic heterocycles. The second-order valence-corrected chi connectivity index (χ2v) is 2.46. The lowest BCUT2D eigenvalue weighted by molar-refractivity contribution is -0.384. The van der Waals surface area contributed by atoms with Crippen LogP contribution in [-0.2, 0) is 0 Å². The molecule has 0 saturated heterocycles. The molecule has 0 aliphatic rings. The van der Waals surface area contributed by atoms with Gasteiger partial charge in [-0.3, -0.25) is 15.1 Å². The average Bonchev–Trinajstić information content (AvgIpc) is 2.24. The first-order valence-corrected chi connectivity index (χ1v) is 4.61. The van der Waals surface area contributed by atoms with Crippen molar-refractivity contribution in [2.45, 2.75) is 13.8 Å². The maximum atomic E-state index is 10.4. The zero-order chi connectivity index (χ0) is 11.8. The molecule has 0 atom stereocenters. The highest BCUT2D eigenvalue weighted by Crippen LogP contribution is 2.17. The van der Waals surface area contributed by atoms with Crippen molar-refractivity contribution in [2.75, 3.05) is 12.8 Å². The van der Waals surface area contributed by atoms with Gasteiger partial charge >= 0.3 is 0 Å². The number of nitro groups is 1. The molecule has 0 amide bonds. The lowest BCUT2D eigenvalue weighted by Crippen LogP contribution is -1.95. The van der Waals surface area contributed by atoms with Gasteiger partial charge in [-0.15, -0.1) is 0 Å². The number of anilines is 1. The zero-order valence-electron chi connectivity index (χ0n) is 9.10. The minimum atomic E-state index is -0.466. The van der Waals surface area contributed by atoms with Gasteiger partial charge in [-0.2, -0.15) is 0 Å². The lowest BCUT2D eigenvalue weighted by atomic mass is 10.2. The van der Waals surface area contributed by atoms with Gasteiger partial charge in [-0.25, -0.2) is 0 Å². The van der Waals surface area contributed by atoms with Crippen molar-refractivity contribution in [3.63, 3.8) is 0 Å². The fraction of sp³-hybridized carbons (Fsp3) is 0.300. The number of nitrogens with zero attached hydrogens (tertiary/aromatic N) is 2. The third-order valence-electron chi connectivity index (χ3n) is 1.55. The molecule has 0 radical (unpaired) electrons. The highest BCUT2D eigenvalue weighted by atomic mass is 16.6. The summed E-state index contributed by atoms with van der Waals surface area (Å²) in [7, 11) is 1.58. The molecular weight excluding hydrogens is 194 g/mol. The topological polar surface area (TPSA) is 81.5 Å². The van der Waals surface area contributed by atoms with Crippen LogP contribution in [0.15, 0.2) is 23.2 Å². The van der Waals surface area contributed by atoms with Crippen LogP contribution in [0.1, 0.15) is 19.4 Å². The third-order valence-corrected chi connectivity index (χ3v) is 1.55. The van der Waals surface area contributed by atoms with E-state index in [9.17, 15) is 10.1 Å². The predicted molar refractivity (Wildman–Crippen MR) is 62.4 cm³/mol. The van der Waals surface area contributed by atoms with E-state index < -0.39 is 4.92 Å². The van der Waals surface area contributed by atoms with E-state index in [1.807, 2.05) is 13.8 Å². The van der Waals surface area contributed by atoms with E-state index in [0.717, 1.165) is 0 Å². The van der Waals surface area contributed by atoms with Gasteiger partial charge in [0.1, 0.15) is 0 Å². The van der Waals surface area contributed by atoms with Crippen LogP contribution < -0.4 is 5.73 Å². The Labute approximate surface area is 88.8 Å². The molecule has 0 spiro atoms. The number of benzene rings is 1. The molecule has 1 aromatic carbocycles. The molecule has 0 unspecified atom stereocenters. The summed E-state index contributed by atoms with van der Waals surface area (Å²) in [6.07, 6.45) is 1.49. The Balaban J connectivity index is 0.000000921. The van der Waals surface area contributed by atoms with Crippen LogP contribution in [0.25, 0.3) is 0 Å². The van der Waals surface area contributed by atoms with Crippen LogP contribution in [0.5, 0.6) is 0 Å². The Morgan fingerprint density at radius 1 is 1.47 bits per heavy atom. The molecule has 0 saturated carbocycles. The Hall–Kier alpha value is -1.91. The fourth-order valence-electron chi connectivity index (χ4n) is 0.927. The SMILES string of the molecule is CC.CN=Cc1cc([N+](=O)[O-])ccc1N. The van der Waals surface area contributed by atoms with Crippen molar-refractivity contribution in [1.82, 2.24) is 0 Å². The van der Waals surface area contributed by atoms with Crippen molar-refractivity contribution in [3.8, 4) is 0 Å². The van der Waals surface area contributed by atoms with Gasteiger partial charge in [-0.05, 0) is 6.07 Å². The Morgan fingerprint density at radius 2 is 2.07 bits per heavy atom. The first kappa shape index (κ1) is 13.1. The maximum Gasteiger partial charge on any atom is 0.270 e. The quantitative estimate of drug-likeness (QED) is 0.351. The summed E-state index contributed by atoms with van der Waals surface area (Å²) in [6.45, 7) is 4.00. The van der Waals surface area contributed by atoms with Gasteiger partial charge in [0.05, 0.1) is 4.92 Å². The fourth-order valence-corrected chi connectivity index (χ4v) is 0.927. The van der Waals surface area contributed by atoms with Gasteiger partial charge in [0.15, 0.2) is 0 Å². The number of nitro benzene ring substituents is 1. The van der Waals surface area contributed by atoms with Gasteiger partial charge < -0.3 is 5.73 Å². The first-order chi connectivity index (χ1) is 7.15. The summed E-state index contributed by atoms with van der Waals surface area (Å²) < 4.78 is 0. The van der Waals surface area contributed by atoms with Crippen LogP contribution in [0.2, 0.25) is 0 Å². The number of aliphatic imine (C=N–C) groups is 1. The summed E-state index contributed by atoms with van der Waals surface area (Å²) in [5.74, 6) is 0. The summed E-state index contributed by atoms with van der Waals surface area (Å²) in [4.78, 5) is 13.7. The van der Waals surface area contributed by atoms with Crippen molar-refractivity contribution in [2.24, 2.45) is 4.99 Å². The second kappa shape index (κ2) is 6.53. The average molecular weight is 209 g/mol. The van der Waals surface area contributed by atoms with E-state index in [1.165, 1.54) is 24.4 Å². The normalized spacial score (nSPS) is 9.53. The van der Waals surface area contributed by atoms with Crippen LogP contribution in [0.3, 0.4) is 0 Å². The summed E-state index contributed by atoms with van der Waals surface area (Å²) in [5, 5.41) is 10.4. The molecule has 1 aromatic rings. The number of non-ortho nitro benzene ring substituents is 1. The van der Waals surface area contributed by atoms with E-state index >= 15 is 0 Å². The monoisotopic (exact) mass is 209 g/mol. The lowest BCUT2D eigenvalue weighted by Gasteiger charge is -1.98. The molecule has 15 heavy (non-hydrogen) atoms. The molecule has 82 valence electrons. The largest absolute Gasteiger partial charge is 0.398 e. The molecule has 5 nitrogen and oxygen atoms in total. The second-order valence-electron chi connectivity index (χ2n) is 2.46. The molecule has 0 bridgehead atoms. The van der Waals surface area contributed by atoms with Crippen molar-refractivity contribution in [1.29, 1.82) is 0 Å². The highest BCUT2D eigenvalue weighted by molar-refractivity contribution is 5.87. The van der Waals surface area contributed by atoms with Gasteiger partial charge in [0, 0.05) is 36.6 Å². The smallest absolute Gasteiger partial charge is 0.270 e. The molecule has 0 fully saturated rings. The minimum absolute atomic E-state index is 0.0177. The Bertz CT molecular complexity index is 362. The van der Waals surface area contributed by atoms with Crippen molar-refractivity contribution < 1.29 is 4.92 Å². The highest BCUT2D eigenvalue weighted by Gasteiger charge is 2.06. The first-order valence-electron chi connectivity index (χ1n) is 4.61. The molecule has 2 N–H and O–H groups in total. The number of hydrogen-bond acceptors (Lipinski definition) is 4. The molecule has 1 rings (SSSR count). The van der Waals surface area contributed by atoms with E-state index in [2.05, 4.69) is 4.99 Å². The summed E-state index contributed by atoms with van der Waals surface area (Å²) >= 11 is 0. The van der Waals surface area contributed by atoms with Crippen LogP contribution in [0, 0.1) is 10.1 Å². The van der Waals surface area contributed by atoms with Crippen LogP contribution in [-0.4, -0.2) is 18.2 Å². The summed E-state index contributed by atoms with van der Waals surface area (Å²) in [5.41, 5.74) is 6.63. The Kier molecular flexibility index (Phi) is 5.70. The third kappa shape index (κ3) is 3.76. The van der Waals surface area contributed by atoms with E-state index in [-0.39, 0.29) is 5.69 Å². The zero-order valence-corrected chi connectivity index (χ0v) is 9.10. The molecular formula is C10H15N3O2. The van der Waals surface area contributed by atoms with E-state index in [4.69, 9.17) is 5.73 Å². The molecule has 0 aliphatic heterocycles. The Morgan fingerprint density at radius 3 is 2.53 bits per heavy atom. The standard InChI is InChI=1S/C8H9N3O2.C2H6/c1-10-5-6-4-7(11(12)13)2-3-8(6)9;1-2/h2-5H,9H2,1H3;1-2H3. The maximum absolute atomic E-state index is 10.4. The van der Waals surface area contributed by atoms with Gasteiger partial charge in [0.2, 0.25) is 0 Å². The predicted octanol–water partition coefficient (Wildman–Crippen LogP) is 2.25. The van der Waals surface area contributed by atoms with Crippen molar-refractivity contribution in [3.05, 3.63) is 33.9 Å². The number of hydrogen-bond donors (Lipinski definition) is 1. The van der Waals surface area contributed by atoms with Gasteiger partial charge in [-0.1, -0.05) is 13.8 Å². The van der Waals surface area contributed by atoms with Crippen LogP contribution >= 0.6 is 0 Å². The number of rotatable bonds is 2. The van der Waals surface area contributed by atoms with Crippen molar-refractivity contribution >= 4 is 17.6 Å². The summed E-state index contributed by atoms with van der Waals surface area (Å²) in [6, 6.07) is 4.25. The van der Waals surface area contributed by atoms with E-state index in [1.54, 1.807) is 7.05 Å². The molecule has 0 heterocycles. The number of nitrogen functional groups attached to an aromatic ring is 1. The van der Waals surface area contributed by atoms with Gasteiger partial charge in [0.25, 0.3) is 5.69 Å². The van der Waals surface area contributed by atoms with E-state index in [0.29, 0.717) is 11.3 Å². The molecule has 0 aliphatic carbocycles. The molecule has 5 heteroatoms. The minimum Gasteiger partial charge on any atom is -0.398 e. The van der Waals surface area contributed by atoms with Crippen LogP contribution in [0.4, 0.5) is 11.4 Å².